The SMILES string of the molecule is C=C1Cc2c([nH]c3ccc(F)cc23)[C@@H](c2c(F)cc(OC3CN(CCCF)C3)cc2F)N1C[C@@](C)(F)CO. The van der Waals surface area contributed by atoms with E-state index in [0.29, 0.717) is 53.9 Å². The molecule has 3 aromatic rings. The second-order valence-electron chi connectivity index (χ2n) is 10.4. The van der Waals surface area contributed by atoms with E-state index in [1.807, 2.05) is 4.90 Å². The molecular formula is C28H30F5N3O2. The lowest BCUT2D eigenvalue weighted by atomic mass is 9.89. The standard InChI is InChI=1S/C28H30F5N3O2/c1-16-8-21-20-9-17(30)4-5-24(20)34-26(21)27(36(16)14-28(2,33)15-37)25-22(31)10-18(11-23(25)32)38-19-12-35(13-19)7-3-6-29/h4-5,9-11,19,27,34,37H,1,3,6-8,12-15H2,2H3/t27-,28-/m1/s1. The van der Waals surface area contributed by atoms with E-state index in [-0.39, 0.29) is 30.4 Å². The van der Waals surface area contributed by atoms with Crippen LogP contribution in [-0.2, 0) is 6.42 Å². The number of halogens is 5. The van der Waals surface area contributed by atoms with Crippen molar-refractivity contribution < 1.29 is 31.8 Å². The fraction of sp³-hybridized carbons (Fsp3) is 0.429. The van der Waals surface area contributed by atoms with Crippen LogP contribution in [0.5, 0.6) is 5.75 Å². The largest absolute Gasteiger partial charge is 0.488 e. The Morgan fingerprint density at radius 1 is 1.16 bits per heavy atom. The Morgan fingerprint density at radius 2 is 1.87 bits per heavy atom. The molecule has 5 rings (SSSR count). The normalized spacial score (nSPS) is 19.9. The van der Waals surface area contributed by atoms with Gasteiger partial charge in [-0.3, -0.25) is 9.29 Å². The highest BCUT2D eigenvalue weighted by molar-refractivity contribution is 5.86. The van der Waals surface area contributed by atoms with Gasteiger partial charge in [-0.25, -0.2) is 17.6 Å². The molecule has 3 heterocycles. The van der Waals surface area contributed by atoms with Gasteiger partial charge in [0.1, 0.15) is 41.0 Å². The Morgan fingerprint density at radius 3 is 2.53 bits per heavy atom. The number of allylic oxidation sites excluding steroid dienone is 1. The van der Waals surface area contributed by atoms with E-state index < -0.39 is 42.4 Å². The number of fused-ring (bicyclic) bond motifs is 3. The van der Waals surface area contributed by atoms with Gasteiger partial charge in [0.25, 0.3) is 0 Å². The fourth-order valence-electron chi connectivity index (χ4n) is 5.36. The van der Waals surface area contributed by atoms with Crippen molar-refractivity contribution in [3.8, 4) is 5.75 Å². The van der Waals surface area contributed by atoms with Gasteiger partial charge in [-0.05, 0) is 37.1 Å². The number of ether oxygens (including phenoxy) is 1. The van der Waals surface area contributed by atoms with Gasteiger partial charge in [0.15, 0.2) is 0 Å². The highest BCUT2D eigenvalue weighted by Gasteiger charge is 2.40. The van der Waals surface area contributed by atoms with E-state index in [1.165, 1.54) is 24.0 Å². The van der Waals surface area contributed by atoms with Crippen LogP contribution in [0.2, 0.25) is 0 Å². The molecule has 2 aliphatic rings. The van der Waals surface area contributed by atoms with Crippen molar-refractivity contribution in [3.05, 3.63) is 76.9 Å². The Kier molecular flexibility index (Phi) is 7.13. The van der Waals surface area contributed by atoms with E-state index >= 15 is 13.2 Å². The van der Waals surface area contributed by atoms with E-state index in [9.17, 15) is 13.9 Å². The predicted octanol–water partition coefficient (Wildman–Crippen LogP) is 5.19. The third kappa shape index (κ3) is 4.99. The molecule has 0 saturated carbocycles. The number of aliphatic hydroxyl groups excluding tert-OH is 1. The van der Waals surface area contributed by atoms with Gasteiger partial charge in [0.2, 0.25) is 0 Å². The monoisotopic (exact) mass is 535 g/mol. The predicted molar refractivity (Wildman–Crippen MR) is 134 cm³/mol. The third-order valence-electron chi connectivity index (χ3n) is 7.26. The minimum atomic E-state index is -2.08. The zero-order chi connectivity index (χ0) is 27.2. The molecule has 2 N–H and O–H groups in total. The molecule has 0 amide bonds. The van der Waals surface area contributed by atoms with Crippen LogP contribution in [0.3, 0.4) is 0 Å². The lowest BCUT2D eigenvalue weighted by Crippen LogP contribution is -2.53. The van der Waals surface area contributed by atoms with Crippen molar-refractivity contribution in [1.82, 2.24) is 14.8 Å². The molecule has 10 heteroatoms. The molecule has 0 bridgehead atoms. The molecule has 5 nitrogen and oxygen atoms in total. The van der Waals surface area contributed by atoms with E-state index in [1.54, 1.807) is 6.07 Å². The Hall–Kier alpha value is -3.11. The highest BCUT2D eigenvalue weighted by atomic mass is 19.2. The molecule has 2 aliphatic heterocycles. The Bertz CT molecular complexity index is 1330. The van der Waals surface area contributed by atoms with Crippen LogP contribution in [-0.4, -0.2) is 71.1 Å². The van der Waals surface area contributed by atoms with E-state index in [2.05, 4.69) is 11.6 Å². The smallest absolute Gasteiger partial charge is 0.148 e. The van der Waals surface area contributed by atoms with Crippen LogP contribution in [0.25, 0.3) is 10.9 Å². The molecule has 0 radical (unpaired) electrons. The summed E-state index contributed by atoms with van der Waals surface area (Å²) in [6, 6.07) is 5.22. The number of aromatic amines is 1. The number of nitrogens with zero attached hydrogens (tertiary/aromatic N) is 2. The van der Waals surface area contributed by atoms with Crippen LogP contribution in [0, 0.1) is 17.5 Å². The average Bonchev–Trinajstić information content (AvgIpc) is 3.18. The topological polar surface area (TPSA) is 51.7 Å². The summed E-state index contributed by atoms with van der Waals surface area (Å²) in [5, 5.41) is 10.1. The number of benzene rings is 2. The fourth-order valence-corrected chi connectivity index (χ4v) is 5.36. The lowest BCUT2D eigenvalue weighted by molar-refractivity contribution is 0.0180. The summed E-state index contributed by atoms with van der Waals surface area (Å²) in [6.07, 6.45) is 0.365. The second kappa shape index (κ2) is 10.2. The number of hydrogen-bond acceptors (Lipinski definition) is 4. The number of rotatable bonds is 9. The van der Waals surface area contributed by atoms with Crippen molar-refractivity contribution in [2.75, 3.05) is 39.5 Å². The van der Waals surface area contributed by atoms with Crippen molar-refractivity contribution in [1.29, 1.82) is 0 Å². The summed E-state index contributed by atoms with van der Waals surface area (Å²) in [5.41, 5.74) is -0.432. The zero-order valence-corrected chi connectivity index (χ0v) is 21.0. The van der Waals surface area contributed by atoms with Crippen LogP contribution in [0.15, 0.2) is 42.6 Å². The number of H-pyrrole nitrogens is 1. The number of hydrogen-bond donors (Lipinski definition) is 2. The van der Waals surface area contributed by atoms with Gasteiger partial charge in [0, 0.05) is 60.5 Å². The first kappa shape index (κ1) is 26.5. The summed E-state index contributed by atoms with van der Waals surface area (Å²) in [4.78, 5) is 6.59. The number of nitrogens with one attached hydrogen (secondary N) is 1. The first-order valence-corrected chi connectivity index (χ1v) is 12.6. The van der Waals surface area contributed by atoms with Gasteiger partial charge in [-0.1, -0.05) is 6.58 Å². The molecule has 38 heavy (non-hydrogen) atoms. The van der Waals surface area contributed by atoms with Gasteiger partial charge < -0.3 is 19.7 Å². The highest BCUT2D eigenvalue weighted by Crippen LogP contribution is 2.44. The van der Waals surface area contributed by atoms with Gasteiger partial charge in [-0.15, -0.1) is 0 Å². The maximum Gasteiger partial charge on any atom is 0.148 e. The van der Waals surface area contributed by atoms with Crippen molar-refractivity contribution >= 4 is 10.9 Å². The van der Waals surface area contributed by atoms with E-state index in [4.69, 9.17) is 4.74 Å². The molecule has 0 aliphatic carbocycles. The molecule has 0 spiro atoms. The minimum Gasteiger partial charge on any atom is -0.488 e. The maximum atomic E-state index is 15.7. The third-order valence-corrected chi connectivity index (χ3v) is 7.26. The molecule has 1 fully saturated rings. The lowest BCUT2D eigenvalue weighted by Gasteiger charge is -2.42. The Labute approximate surface area is 217 Å². The molecule has 2 aromatic carbocycles. The first-order chi connectivity index (χ1) is 18.1. The quantitative estimate of drug-likeness (QED) is 0.371. The molecule has 2 atom stereocenters. The van der Waals surface area contributed by atoms with Gasteiger partial charge in [0.05, 0.1) is 25.4 Å². The molecular weight excluding hydrogens is 505 g/mol. The number of aliphatic hydroxyl groups is 1. The number of likely N-dealkylation sites (tertiary alicyclic amines) is 1. The van der Waals surface area contributed by atoms with Gasteiger partial charge in [-0.2, -0.15) is 0 Å². The number of alkyl halides is 2. The summed E-state index contributed by atoms with van der Waals surface area (Å²) in [7, 11) is 0. The van der Waals surface area contributed by atoms with Crippen molar-refractivity contribution in [2.24, 2.45) is 0 Å². The van der Waals surface area contributed by atoms with Crippen molar-refractivity contribution in [3.63, 3.8) is 0 Å². The van der Waals surface area contributed by atoms with Crippen LogP contribution in [0.4, 0.5) is 22.0 Å². The number of aromatic nitrogens is 1. The summed E-state index contributed by atoms with van der Waals surface area (Å²) in [6.45, 7) is 5.32. The van der Waals surface area contributed by atoms with Crippen LogP contribution < -0.4 is 4.74 Å². The Balaban J connectivity index is 1.52. The summed E-state index contributed by atoms with van der Waals surface area (Å²) < 4.78 is 78.6. The van der Waals surface area contributed by atoms with Crippen LogP contribution in [0.1, 0.15) is 36.2 Å². The summed E-state index contributed by atoms with van der Waals surface area (Å²) >= 11 is 0. The maximum absolute atomic E-state index is 15.7. The van der Waals surface area contributed by atoms with Crippen LogP contribution >= 0.6 is 0 Å². The molecule has 1 saturated heterocycles. The second-order valence-corrected chi connectivity index (χ2v) is 10.4. The van der Waals surface area contributed by atoms with Crippen molar-refractivity contribution in [2.45, 2.75) is 37.6 Å². The average molecular weight is 536 g/mol. The van der Waals surface area contributed by atoms with E-state index in [0.717, 1.165) is 12.1 Å². The minimum absolute atomic E-state index is 0.0182. The first-order valence-electron chi connectivity index (χ1n) is 12.6. The van der Waals surface area contributed by atoms with Gasteiger partial charge >= 0.3 is 0 Å². The molecule has 0 unspecified atom stereocenters. The molecule has 204 valence electrons. The zero-order valence-electron chi connectivity index (χ0n) is 21.0. The summed E-state index contributed by atoms with van der Waals surface area (Å²) in [5.74, 6) is -2.22. The molecule has 1 aromatic heterocycles.